The Balaban J connectivity index is 1.27. The maximum atomic E-state index is 12.3. The van der Waals surface area contributed by atoms with Crippen molar-refractivity contribution in [1.29, 1.82) is 5.26 Å². The number of likely N-dealkylation sites (tertiary alicyclic amines) is 1. The highest BCUT2D eigenvalue weighted by Gasteiger charge is 2.35. The van der Waals surface area contributed by atoms with E-state index >= 15 is 0 Å². The van der Waals surface area contributed by atoms with Crippen molar-refractivity contribution < 1.29 is 34.0 Å². The summed E-state index contributed by atoms with van der Waals surface area (Å²) in [6.07, 6.45) is 11.0. The number of aliphatic hydroxyl groups excluding tert-OH is 2. The van der Waals surface area contributed by atoms with Crippen LogP contribution in [-0.4, -0.2) is 84.3 Å². The number of esters is 1. The van der Waals surface area contributed by atoms with Crippen molar-refractivity contribution in [2.75, 3.05) is 46.1 Å². The fraction of sp³-hybridized carbons (Fsp3) is 0.439. The molecule has 2 heterocycles. The molecule has 1 aromatic heterocycles. The van der Waals surface area contributed by atoms with Crippen molar-refractivity contribution in [2.45, 2.75) is 58.9 Å². The van der Waals surface area contributed by atoms with E-state index in [9.17, 15) is 20.3 Å². The molecule has 0 saturated carbocycles. The number of carbonyl (C=O) groups is 1. The summed E-state index contributed by atoms with van der Waals surface area (Å²) >= 11 is 6.79. The van der Waals surface area contributed by atoms with Gasteiger partial charge in [0.25, 0.3) is 0 Å². The van der Waals surface area contributed by atoms with Crippen LogP contribution in [0.15, 0.2) is 73.1 Å². The molecule has 3 atom stereocenters. The Morgan fingerprint density at radius 2 is 2.02 bits per heavy atom. The van der Waals surface area contributed by atoms with Crippen molar-refractivity contribution in [2.24, 2.45) is 11.3 Å². The van der Waals surface area contributed by atoms with Crippen molar-refractivity contribution >= 4 is 23.1 Å². The molecule has 11 nitrogen and oxygen atoms in total. The van der Waals surface area contributed by atoms with Crippen LogP contribution < -0.4 is 19.5 Å². The minimum Gasteiger partial charge on any atom is -0.494 e. The highest BCUT2D eigenvalue weighted by atomic mass is 35.5. The number of pyridine rings is 1. The van der Waals surface area contributed by atoms with Gasteiger partial charge in [-0.1, -0.05) is 55.8 Å². The molecule has 12 heteroatoms. The van der Waals surface area contributed by atoms with Crippen LogP contribution in [0.3, 0.4) is 0 Å². The van der Waals surface area contributed by atoms with Gasteiger partial charge in [0, 0.05) is 61.7 Å². The summed E-state index contributed by atoms with van der Waals surface area (Å²) in [5.74, 6) is 1.14. The zero-order chi connectivity index (χ0) is 37.8. The molecular weight excluding hydrogens is 696 g/mol. The smallest absolute Gasteiger partial charge is 0.325 e. The SMILES string of the molecule is CCOC(=O)C(CO)NCc1cc(Cl)c(OCC2C=CC=C(c3cccc(OCCCN4CC[C@@H](O)C4)c3)C2(C)C)cc1OCc1cncc(C#N)c1. The third-order valence-corrected chi connectivity index (χ3v) is 9.95. The predicted molar refractivity (Wildman–Crippen MR) is 203 cm³/mol. The summed E-state index contributed by atoms with van der Waals surface area (Å²) < 4.78 is 23.8. The van der Waals surface area contributed by atoms with Crippen LogP contribution in [0, 0.1) is 22.7 Å². The summed E-state index contributed by atoms with van der Waals surface area (Å²) in [7, 11) is 0. The van der Waals surface area contributed by atoms with Gasteiger partial charge < -0.3 is 34.1 Å². The van der Waals surface area contributed by atoms with E-state index in [1.807, 2.05) is 12.1 Å². The van der Waals surface area contributed by atoms with Crippen LogP contribution in [0.1, 0.15) is 55.9 Å². The summed E-state index contributed by atoms with van der Waals surface area (Å²) in [6, 6.07) is 14.5. The molecule has 0 radical (unpaired) electrons. The van der Waals surface area contributed by atoms with E-state index in [4.69, 9.17) is 30.5 Å². The average molecular weight is 745 g/mol. The average Bonchev–Trinajstić information content (AvgIpc) is 3.57. The molecule has 2 aromatic carbocycles. The Morgan fingerprint density at radius 3 is 2.77 bits per heavy atom. The summed E-state index contributed by atoms with van der Waals surface area (Å²) in [6.45, 7) is 9.63. The molecule has 1 saturated heterocycles. The first kappa shape index (κ1) is 39.8. The number of halogens is 1. The fourth-order valence-corrected chi connectivity index (χ4v) is 6.79. The number of nitrogens with zero attached hydrogens (tertiary/aromatic N) is 3. The number of hydrogen-bond acceptors (Lipinski definition) is 11. The number of β-amino-alcohol motifs (C(OH)–C–C–N with tert-alkyl or cyclic N) is 1. The minimum atomic E-state index is -0.931. The van der Waals surface area contributed by atoms with E-state index in [0.717, 1.165) is 49.4 Å². The highest BCUT2D eigenvalue weighted by Crippen LogP contribution is 2.45. The number of rotatable bonds is 18. The van der Waals surface area contributed by atoms with Crippen LogP contribution in [0.4, 0.5) is 0 Å². The van der Waals surface area contributed by atoms with E-state index < -0.39 is 18.6 Å². The van der Waals surface area contributed by atoms with Crippen molar-refractivity contribution in [3.05, 3.63) is 100 Å². The molecular formula is C41H49ClN4O7. The number of nitriles is 1. The van der Waals surface area contributed by atoms with Gasteiger partial charge in [0.15, 0.2) is 0 Å². The monoisotopic (exact) mass is 744 g/mol. The molecule has 5 rings (SSSR count). The van der Waals surface area contributed by atoms with Gasteiger partial charge in [-0.2, -0.15) is 5.26 Å². The molecule has 0 spiro atoms. The van der Waals surface area contributed by atoms with Gasteiger partial charge in [0.05, 0.1) is 43.1 Å². The second-order valence-electron chi connectivity index (χ2n) is 13.8. The molecule has 2 aliphatic rings. The molecule has 1 aliphatic carbocycles. The number of carbonyl (C=O) groups excluding carboxylic acids is 1. The number of benzene rings is 2. The molecule has 3 N–H and O–H groups in total. The number of aliphatic hydroxyl groups is 2. The van der Waals surface area contributed by atoms with Crippen LogP contribution in [-0.2, 0) is 22.7 Å². The van der Waals surface area contributed by atoms with E-state index in [0.29, 0.717) is 46.4 Å². The van der Waals surface area contributed by atoms with Gasteiger partial charge in [-0.05, 0) is 60.6 Å². The van der Waals surface area contributed by atoms with Crippen molar-refractivity contribution in [3.63, 3.8) is 0 Å². The lowest BCUT2D eigenvalue weighted by Gasteiger charge is -2.37. The molecule has 0 amide bonds. The Kier molecular flexibility index (Phi) is 14.3. The van der Waals surface area contributed by atoms with E-state index in [1.54, 1.807) is 31.3 Å². The molecule has 3 aromatic rings. The van der Waals surface area contributed by atoms with Crippen molar-refractivity contribution in [3.8, 4) is 23.3 Å². The lowest BCUT2D eigenvalue weighted by Crippen LogP contribution is -2.40. The number of ether oxygens (including phenoxy) is 4. The standard InChI is InChI=1S/C41H49ClN4O7/c1-4-50-40(49)37(25-47)45-23-31-18-36(42)39(19-38(31)52-26-29-16-28(20-43)21-44-22-29)53-27-32-9-6-11-35(41(32,2)3)30-8-5-10-34(17-30)51-15-7-13-46-14-12-33(48)24-46/h5-6,8-11,16-19,21-22,32-33,37,45,47-48H,4,7,12-15,23-27H2,1-3H3/t32?,33-,37?/m1/s1. The first-order valence-corrected chi connectivity index (χ1v) is 18.4. The summed E-state index contributed by atoms with van der Waals surface area (Å²) in [5, 5.41) is 32.3. The van der Waals surface area contributed by atoms with Gasteiger partial charge in [-0.25, -0.2) is 0 Å². The zero-order valence-corrected chi connectivity index (χ0v) is 31.3. The predicted octanol–water partition coefficient (Wildman–Crippen LogP) is 5.71. The third kappa shape index (κ3) is 10.8. The maximum Gasteiger partial charge on any atom is 0.325 e. The van der Waals surface area contributed by atoms with Crippen LogP contribution in [0.5, 0.6) is 17.2 Å². The molecule has 0 bridgehead atoms. The van der Waals surface area contributed by atoms with E-state index in [1.165, 1.54) is 6.20 Å². The number of aromatic nitrogens is 1. The highest BCUT2D eigenvalue weighted by molar-refractivity contribution is 6.32. The molecule has 1 aliphatic heterocycles. The molecule has 1 fully saturated rings. The van der Waals surface area contributed by atoms with Gasteiger partial charge in [0.1, 0.15) is 36.0 Å². The molecule has 282 valence electrons. The van der Waals surface area contributed by atoms with Crippen LogP contribution in [0.2, 0.25) is 5.02 Å². The molecule has 2 unspecified atom stereocenters. The second-order valence-corrected chi connectivity index (χ2v) is 14.2. The van der Waals surface area contributed by atoms with Crippen LogP contribution >= 0.6 is 11.6 Å². The second kappa shape index (κ2) is 19.1. The van der Waals surface area contributed by atoms with E-state index in [2.05, 4.69) is 65.5 Å². The Bertz CT molecular complexity index is 1810. The Labute approximate surface area is 316 Å². The summed E-state index contributed by atoms with van der Waals surface area (Å²) in [4.78, 5) is 18.7. The first-order valence-electron chi connectivity index (χ1n) is 18.1. The van der Waals surface area contributed by atoms with Gasteiger partial charge in [-0.15, -0.1) is 0 Å². The van der Waals surface area contributed by atoms with Crippen molar-refractivity contribution in [1.82, 2.24) is 15.2 Å². The quantitative estimate of drug-likeness (QED) is 0.109. The maximum absolute atomic E-state index is 12.3. The summed E-state index contributed by atoms with van der Waals surface area (Å²) in [5.41, 5.74) is 3.69. The van der Waals surface area contributed by atoms with Gasteiger partial charge in [0.2, 0.25) is 0 Å². The zero-order valence-electron chi connectivity index (χ0n) is 30.6. The Morgan fingerprint density at radius 1 is 1.17 bits per heavy atom. The first-order chi connectivity index (χ1) is 25.6. The van der Waals surface area contributed by atoms with E-state index in [-0.39, 0.29) is 37.2 Å². The molecule has 53 heavy (non-hydrogen) atoms. The lowest BCUT2D eigenvalue weighted by atomic mass is 9.68. The minimum absolute atomic E-state index is 0.000601. The number of allylic oxidation sites excluding steroid dienone is 3. The Hall–Kier alpha value is -4.44. The third-order valence-electron chi connectivity index (χ3n) is 9.65. The van der Waals surface area contributed by atoms with Crippen LogP contribution in [0.25, 0.3) is 5.57 Å². The van der Waals surface area contributed by atoms with Gasteiger partial charge in [-0.3, -0.25) is 15.1 Å². The lowest BCUT2D eigenvalue weighted by molar-refractivity contribution is -0.146. The normalized spacial score (nSPS) is 18.5. The van der Waals surface area contributed by atoms with Gasteiger partial charge >= 0.3 is 5.97 Å². The largest absolute Gasteiger partial charge is 0.494 e. The number of nitrogens with one attached hydrogen (secondary N) is 1. The topological polar surface area (TPSA) is 146 Å². The fourth-order valence-electron chi connectivity index (χ4n) is 6.55. The number of hydrogen-bond donors (Lipinski definition) is 3.